The Morgan fingerprint density at radius 2 is 1.92 bits per heavy atom. The van der Waals surface area contributed by atoms with Crippen molar-refractivity contribution in [3.63, 3.8) is 0 Å². The molecule has 1 aliphatic heterocycles. The fraction of sp³-hybridized carbons (Fsp3) is 0.818. The van der Waals surface area contributed by atoms with Crippen molar-refractivity contribution >= 4 is 22.6 Å². The minimum atomic E-state index is -0.782. The Morgan fingerprint density at radius 3 is 2.69 bits per heavy atom. The second kappa shape index (κ2) is 6.20. The summed E-state index contributed by atoms with van der Waals surface area (Å²) in [6.45, 7) is 3.82. The standard InChI is InChI=1S/C22H29IO3/c1-20-7-4-17-16-5-9-22(25-12-13-26-22)14-15(16)2-3-18(17)19(20)6-8-21(20,24)10-11-23/h2,16-19,24H,3-9,12-14H2,1H3/t16-,17+,18+,19-,20-,21+/m0/s1. The van der Waals surface area contributed by atoms with E-state index in [1.54, 1.807) is 5.57 Å². The molecule has 0 amide bonds. The average molecular weight is 468 g/mol. The second-order valence-corrected chi connectivity index (χ2v) is 9.99. The van der Waals surface area contributed by atoms with Crippen LogP contribution in [0.15, 0.2) is 11.6 Å². The van der Waals surface area contributed by atoms with E-state index in [-0.39, 0.29) is 11.2 Å². The van der Waals surface area contributed by atoms with E-state index in [1.807, 2.05) is 0 Å². The number of aliphatic hydroxyl groups is 1. The van der Waals surface area contributed by atoms with Gasteiger partial charge in [0.05, 0.1) is 13.2 Å². The van der Waals surface area contributed by atoms with E-state index >= 15 is 0 Å². The van der Waals surface area contributed by atoms with E-state index in [0.29, 0.717) is 17.8 Å². The molecule has 0 aromatic carbocycles. The van der Waals surface area contributed by atoms with Gasteiger partial charge in [-0.1, -0.05) is 24.5 Å². The topological polar surface area (TPSA) is 38.7 Å². The lowest BCUT2D eigenvalue weighted by molar-refractivity contribution is -0.177. The first-order valence-corrected chi connectivity index (χ1v) is 11.4. The van der Waals surface area contributed by atoms with E-state index in [1.165, 1.54) is 19.3 Å². The highest BCUT2D eigenvalue weighted by molar-refractivity contribution is 14.1. The number of rotatable bonds is 0. The average Bonchev–Trinajstić information content (AvgIpc) is 3.18. The van der Waals surface area contributed by atoms with Crippen LogP contribution in [0.3, 0.4) is 0 Å². The third-order valence-corrected chi connectivity index (χ3v) is 8.94. The van der Waals surface area contributed by atoms with Crippen molar-refractivity contribution in [3.05, 3.63) is 11.6 Å². The van der Waals surface area contributed by atoms with Gasteiger partial charge in [0.1, 0.15) is 5.60 Å². The molecule has 4 aliphatic carbocycles. The molecular weight excluding hydrogens is 439 g/mol. The van der Waals surface area contributed by atoms with E-state index in [2.05, 4.69) is 45.4 Å². The fourth-order valence-corrected chi connectivity index (χ4v) is 7.74. The molecular formula is C22H29IO3. The van der Waals surface area contributed by atoms with Gasteiger partial charge in [-0.25, -0.2) is 0 Å². The highest BCUT2D eigenvalue weighted by atomic mass is 127. The Bertz CT molecular complexity index is 685. The van der Waals surface area contributed by atoms with Gasteiger partial charge in [-0.05, 0) is 66.1 Å². The third-order valence-electron chi connectivity index (χ3n) is 8.67. The predicted octanol–water partition coefficient (Wildman–Crippen LogP) is 4.43. The first kappa shape index (κ1) is 18.0. The Hall–Kier alpha value is -0.0900. The normalized spacial score (nSPS) is 48.8. The van der Waals surface area contributed by atoms with Gasteiger partial charge in [0.2, 0.25) is 0 Å². The van der Waals surface area contributed by atoms with Gasteiger partial charge in [-0.15, -0.1) is 0 Å². The predicted molar refractivity (Wildman–Crippen MR) is 108 cm³/mol. The van der Waals surface area contributed by atoms with Crippen molar-refractivity contribution in [1.82, 2.24) is 0 Å². The molecule has 4 heteroatoms. The minimum Gasteiger partial charge on any atom is -0.377 e. The van der Waals surface area contributed by atoms with Crippen molar-refractivity contribution in [2.75, 3.05) is 13.2 Å². The van der Waals surface area contributed by atoms with Gasteiger partial charge in [0.25, 0.3) is 0 Å². The molecule has 3 saturated carbocycles. The number of allylic oxidation sites excluding steroid dienone is 1. The van der Waals surface area contributed by atoms with Crippen LogP contribution in [0.2, 0.25) is 0 Å². The third kappa shape index (κ3) is 2.43. The number of hydrogen-bond donors (Lipinski definition) is 1. The summed E-state index contributed by atoms with van der Waals surface area (Å²) < 4.78 is 15.0. The van der Waals surface area contributed by atoms with E-state index < -0.39 is 5.60 Å². The number of halogens is 1. The maximum Gasteiger partial charge on any atom is 0.172 e. The molecule has 0 radical (unpaired) electrons. The van der Waals surface area contributed by atoms with Crippen LogP contribution in [0, 0.1) is 38.9 Å². The van der Waals surface area contributed by atoms with Gasteiger partial charge >= 0.3 is 0 Å². The van der Waals surface area contributed by atoms with E-state index in [9.17, 15) is 5.11 Å². The first-order valence-electron chi connectivity index (χ1n) is 10.3. The monoisotopic (exact) mass is 468 g/mol. The second-order valence-electron chi connectivity index (χ2n) is 9.45. The molecule has 1 N–H and O–H groups in total. The molecule has 1 spiro atoms. The maximum absolute atomic E-state index is 11.3. The van der Waals surface area contributed by atoms with Crippen LogP contribution in [-0.4, -0.2) is 29.7 Å². The summed E-state index contributed by atoms with van der Waals surface area (Å²) in [6.07, 6.45) is 11.2. The van der Waals surface area contributed by atoms with Crippen LogP contribution < -0.4 is 0 Å². The number of ether oxygens (including phenoxy) is 2. The van der Waals surface area contributed by atoms with Gasteiger partial charge in [-0.2, -0.15) is 0 Å². The summed E-state index contributed by atoms with van der Waals surface area (Å²) in [4.78, 5) is 0. The molecule has 26 heavy (non-hydrogen) atoms. The minimum absolute atomic E-state index is 0.0365. The van der Waals surface area contributed by atoms with Crippen LogP contribution in [0.5, 0.6) is 0 Å². The molecule has 5 aliphatic rings. The largest absolute Gasteiger partial charge is 0.377 e. The SMILES string of the molecule is C[C@]12CC[C@H]3[C@@H](CC=C4CC5(CC[C@@H]43)OCCO5)[C@@H]1CC[C@@]2(O)C#CI. The molecule has 0 aromatic heterocycles. The lowest BCUT2D eigenvalue weighted by Crippen LogP contribution is -2.52. The van der Waals surface area contributed by atoms with E-state index in [4.69, 9.17) is 9.47 Å². The highest BCUT2D eigenvalue weighted by Crippen LogP contribution is 2.64. The van der Waals surface area contributed by atoms with Gasteiger partial charge in [0, 0.05) is 40.8 Å². The van der Waals surface area contributed by atoms with Crippen molar-refractivity contribution in [2.24, 2.45) is 29.1 Å². The summed E-state index contributed by atoms with van der Waals surface area (Å²) in [6, 6.07) is 0. The zero-order chi connectivity index (χ0) is 18.0. The highest BCUT2D eigenvalue weighted by Gasteiger charge is 2.62. The Balaban J connectivity index is 1.41. The molecule has 1 saturated heterocycles. The smallest absolute Gasteiger partial charge is 0.172 e. The summed E-state index contributed by atoms with van der Waals surface area (Å²) in [5.74, 6) is 5.70. The molecule has 0 aromatic rings. The molecule has 4 fully saturated rings. The first-order chi connectivity index (χ1) is 12.5. The van der Waals surface area contributed by atoms with Crippen LogP contribution in [0.4, 0.5) is 0 Å². The van der Waals surface area contributed by atoms with Crippen LogP contribution in [0.1, 0.15) is 58.3 Å². The fourth-order valence-electron chi connectivity index (χ4n) is 7.29. The Kier molecular flexibility index (Phi) is 4.29. The number of hydrogen-bond acceptors (Lipinski definition) is 3. The molecule has 5 rings (SSSR count). The zero-order valence-electron chi connectivity index (χ0n) is 15.6. The van der Waals surface area contributed by atoms with Crippen LogP contribution in [0.25, 0.3) is 0 Å². The molecule has 0 bridgehead atoms. The van der Waals surface area contributed by atoms with Crippen molar-refractivity contribution in [3.8, 4) is 9.85 Å². The van der Waals surface area contributed by atoms with Gasteiger partial charge < -0.3 is 14.6 Å². The van der Waals surface area contributed by atoms with Gasteiger partial charge in [-0.3, -0.25) is 0 Å². The summed E-state index contributed by atoms with van der Waals surface area (Å²) in [7, 11) is 0. The summed E-state index contributed by atoms with van der Waals surface area (Å²) in [5, 5.41) is 11.3. The van der Waals surface area contributed by atoms with Gasteiger partial charge in [0.15, 0.2) is 5.79 Å². The Morgan fingerprint density at radius 1 is 1.12 bits per heavy atom. The maximum atomic E-state index is 11.3. The molecule has 0 unspecified atom stereocenters. The molecule has 1 heterocycles. The van der Waals surface area contributed by atoms with E-state index in [0.717, 1.165) is 51.2 Å². The lowest BCUT2D eigenvalue weighted by atomic mass is 9.51. The van der Waals surface area contributed by atoms with Crippen molar-refractivity contribution in [1.29, 1.82) is 0 Å². The Labute approximate surface area is 170 Å². The van der Waals surface area contributed by atoms with Crippen LogP contribution in [-0.2, 0) is 9.47 Å². The zero-order valence-corrected chi connectivity index (χ0v) is 17.8. The molecule has 142 valence electrons. The van der Waals surface area contributed by atoms with Crippen molar-refractivity contribution in [2.45, 2.75) is 69.7 Å². The molecule has 3 nitrogen and oxygen atoms in total. The summed E-state index contributed by atoms with van der Waals surface area (Å²) >= 11 is 2.08. The lowest BCUT2D eigenvalue weighted by Gasteiger charge is -2.55. The quantitative estimate of drug-likeness (QED) is 0.325. The number of fused-ring (bicyclic) bond motifs is 5. The summed E-state index contributed by atoms with van der Waals surface area (Å²) in [5.41, 5.74) is 0.782. The van der Waals surface area contributed by atoms with Crippen molar-refractivity contribution < 1.29 is 14.6 Å². The molecule has 6 atom stereocenters. The van der Waals surface area contributed by atoms with Crippen LogP contribution >= 0.6 is 22.6 Å².